The summed E-state index contributed by atoms with van der Waals surface area (Å²) in [6.45, 7) is 4.42. The third-order valence-corrected chi connectivity index (χ3v) is 6.94. The monoisotopic (exact) mass is 547 g/mol. The molecule has 3 aromatic rings. The molecule has 0 saturated heterocycles. The van der Waals surface area contributed by atoms with Gasteiger partial charge in [-0.2, -0.15) is 4.68 Å². The quantitative estimate of drug-likeness (QED) is 0.432. The number of tetrazole rings is 1. The molecular weight excluding hydrogens is 529 g/mol. The maximum atomic E-state index is 13.3. The maximum absolute atomic E-state index is 13.3. The summed E-state index contributed by atoms with van der Waals surface area (Å²) < 4.78 is 8.71. The number of rotatable bonds is 4. The van der Waals surface area contributed by atoms with Crippen molar-refractivity contribution in [2.75, 3.05) is 5.32 Å². The molecule has 0 radical (unpaired) electrons. The van der Waals surface area contributed by atoms with Crippen LogP contribution >= 0.6 is 39.1 Å². The van der Waals surface area contributed by atoms with Crippen molar-refractivity contribution in [1.29, 1.82) is 0 Å². The van der Waals surface area contributed by atoms with E-state index in [0.717, 1.165) is 27.7 Å². The van der Waals surface area contributed by atoms with Crippen LogP contribution in [0, 0.1) is 5.41 Å². The zero-order valence-corrected chi connectivity index (χ0v) is 21.0. The molecular formula is C23H20BrCl2N5O2. The highest BCUT2D eigenvalue weighted by atomic mass is 79.9. The van der Waals surface area contributed by atoms with Crippen molar-refractivity contribution in [1.82, 2.24) is 20.2 Å². The van der Waals surface area contributed by atoms with Crippen LogP contribution in [0.15, 0.2) is 52.1 Å². The highest BCUT2D eigenvalue weighted by Gasteiger charge is 2.42. The second kappa shape index (κ2) is 8.42. The van der Waals surface area contributed by atoms with Gasteiger partial charge in [0.15, 0.2) is 5.78 Å². The van der Waals surface area contributed by atoms with Crippen LogP contribution in [-0.2, 0) is 11.4 Å². The van der Waals surface area contributed by atoms with Gasteiger partial charge in [0.2, 0.25) is 5.95 Å². The number of anilines is 1. The number of aromatic nitrogens is 4. The van der Waals surface area contributed by atoms with Gasteiger partial charge in [-0.3, -0.25) is 4.79 Å². The van der Waals surface area contributed by atoms with Gasteiger partial charge in [-0.15, -0.1) is 0 Å². The first kappa shape index (κ1) is 22.4. The molecule has 0 fully saturated rings. The third kappa shape index (κ3) is 4.27. The fourth-order valence-corrected chi connectivity index (χ4v) is 5.26. The first-order valence-corrected chi connectivity index (χ1v) is 11.9. The molecule has 170 valence electrons. The van der Waals surface area contributed by atoms with E-state index in [0.29, 0.717) is 33.7 Å². The van der Waals surface area contributed by atoms with Crippen LogP contribution < -0.4 is 10.1 Å². The Morgan fingerprint density at radius 3 is 2.82 bits per heavy atom. The van der Waals surface area contributed by atoms with Crippen LogP contribution in [0.3, 0.4) is 0 Å². The van der Waals surface area contributed by atoms with Crippen molar-refractivity contribution in [3.8, 4) is 5.75 Å². The zero-order valence-electron chi connectivity index (χ0n) is 17.9. The average molecular weight is 549 g/mol. The zero-order chi connectivity index (χ0) is 23.3. The predicted molar refractivity (Wildman–Crippen MR) is 130 cm³/mol. The second-order valence-corrected chi connectivity index (χ2v) is 10.8. The Balaban J connectivity index is 1.59. The van der Waals surface area contributed by atoms with Crippen LogP contribution in [0.25, 0.3) is 0 Å². The average Bonchev–Trinajstić information content (AvgIpc) is 3.19. The van der Waals surface area contributed by atoms with Crippen molar-refractivity contribution in [3.63, 3.8) is 0 Å². The van der Waals surface area contributed by atoms with E-state index in [1.165, 1.54) is 0 Å². The molecule has 10 heteroatoms. The molecule has 1 aromatic heterocycles. The van der Waals surface area contributed by atoms with Gasteiger partial charge in [0, 0.05) is 43.3 Å². The third-order valence-electron chi connectivity index (χ3n) is 5.86. The molecule has 0 amide bonds. The van der Waals surface area contributed by atoms with Gasteiger partial charge in [-0.25, -0.2) is 0 Å². The summed E-state index contributed by atoms with van der Waals surface area (Å²) >= 11 is 15.9. The molecule has 1 atom stereocenters. The SMILES string of the molecule is CC1(C)CC(=O)C2=C(C1)Nc1nnnn1C2c1cc(Br)ccc1OCc1ccc(Cl)cc1Cl. The van der Waals surface area contributed by atoms with Crippen LogP contribution in [0.1, 0.15) is 43.9 Å². The second-order valence-electron chi connectivity index (χ2n) is 9.01. The van der Waals surface area contributed by atoms with Crippen molar-refractivity contribution in [3.05, 3.63) is 73.3 Å². The number of carbonyl (C=O) groups excluding carboxylic acids is 1. The molecule has 2 heterocycles. The van der Waals surface area contributed by atoms with E-state index in [9.17, 15) is 4.79 Å². The van der Waals surface area contributed by atoms with Crippen molar-refractivity contribution < 1.29 is 9.53 Å². The lowest BCUT2D eigenvalue weighted by molar-refractivity contribution is -0.118. The van der Waals surface area contributed by atoms with E-state index in [1.54, 1.807) is 16.8 Å². The summed E-state index contributed by atoms with van der Waals surface area (Å²) in [6.07, 6.45) is 1.17. The molecule has 33 heavy (non-hydrogen) atoms. The summed E-state index contributed by atoms with van der Waals surface area (Å²) in [5.41, 5.74) is 2.96. The lowest BCUT2D eigenvalue weighted by Crippen LogP contribution is -2.36. The molecule has 0 bridgehead atoms. The number of ether oxygens (including phenoxy) is 1. The number of nitrogens with zero attached hydrogens (tertiary/aromatic N) is 4. The first-order chi connectivity index (χ1) is 15.7. The number of hydrogen-bond donors (Lipinski definition) is 1. The standard InChI is InChI=1S/C23H20BrCl2N5O2/c1-23(2)9-17-20(18(32)10-23)21(31-22(27-17)28-29-30-31)15-7-13(24)4-6-19(15)33-11-12-3-5-14(25)8-16(12)26/h3-8,21H,9-11H2,1-2H3,(H,27,28,30). The molecule has 1 aliphatic heterocycles. The number of fused-ring (bicyclic) bond motifs is 1. The number of benzene rings is 2. The number of Topliss-reactive ketones (excluding diaryl/α,β-unsaturated/α-hetero) is 1. The molecule has 1 N–H and O–H groups in total. The number of allylic oxidation sites excluding steroid dienone is 2. The molecule has 5 rings (SSSR count). The fraction of sp³-hybridized carbons (Fsp3) is 0.304. The number of nitrogens with one attached hydrogen (secondary N) is 1. The Kier molecular flexibility index (Phi) is 5.71. The molecule has 2 aliphatic rings. The van der Waals surface area contributed by atoms with Gasteiger partial charge >= 0.3 is 0 Å². The molecule has 1 aliphatic carbocycles. The first-order valence-electron chi connectivity index (χ1n) is 10.4. The van der Waals surface area contributed by atoms with E-state index < -0.39 is 6.04 Å². The number of ketones is 1. The minimum absolute atomic E-state index is 0.0755. The molecule has 1 unspecified atom stereocenters. The van der Waals surface area contributed by atoms with E-state index in [2.05, 4.69) is 50.6 Å². The summed E-state index contributed by atoms with van der Waals surface area (Å²) in [5.74, 6) is 1.18. The van der Waals surface area contributed by atoms with Crippen molar-refractivity contribution in [2.45, 2.75) is 39.3 Å². The largest absolute Gasteiger partial charge is 0.488 e. The van der Waals surface area contributed by atoms with Gasteiger partial charge in [0.05, 0.1) is 0 Å². The highest BCUT2D eigenvalue weighted by molar-refractivity contribution is 9.10. The Hall–Kier alpha value is -2.42. The lowest BCUT2D eigenvalue weighted by atomic mass is 9.73. The predicted octanol–water partition coefficient (Wildman–Crippen LogP) is 5.98. The smallest absolute Gasteiger partial charge is 0.248 e. The molecule has 0 spiro atoms. The maximum Gasteiger partial charge on any atom is 0.248 e. The van der Waals surface area contributed by atoms with Gasteiger partial charge < -0.3 is 10.1 Å². The van der Waals surface area contributed by atoms with Crippen molar-refractivity contribution in [2.24, 2.45) is 5.41 Å². The number of halogens is 3. The minimum atomic E-state index is -0.511. The number of hydrogen-bond acceptors (Lipinski definition) is 6. The van der Waals surface area contributed by atoms with Crippen LogP contribution in [0.4, 0.5) is 5.95 Å². The van der Waals surface area contributed by atoms with Gasteiger partial charge in [-0.1, -0.05) is 64.1 Å². The van der Waals surface area contributed by atoms with E-state index in [4.69, 9.17) is 27.9 Å². The minimum Gasteiger partial charge on any atom is -0.488 e. The molecule has 0 saturated carbocycles. The van der Waals surface area contributed by atoms with Gasteiger partial charge in [0.1, 0.15) is 18.4 Å². The molecule has 2 aromatic carbocycles. The van der Waals surface area contributed by atoms with Gasteiger partial charge in [-0.05, 0) is 52.6 Å². The fourth-order valence-electron chi connectivity index (χ4n) is 4.42. The summed E-state index contributed by atoms with van der Waals surface area (Å²) in [4.78, 5) is 13.3. The van der Waals surface area contributed by atoms with E-state index in [-0.39, 0.29) is 17.8 Å². The Morgan fingerprint density at radius 2 is 2.03 bits per heavy atom. The van der Waals surface area contributed by atoms with Crippen LogP contribution in [-0.4, -0.2) is 26.0 Å². The summed E-state index contributed by atoms with van der Waals surface area (Å²) in [5, 5.41) is 16.5. The van der Waals surface area contributed by atoms with Crippen LogP contribution in [0.5, 0.6) is 5.75 Å². The van der Waals surface area contributed by atoms with Crippen LogP contribution in [0.2, 0.25) is 10.0 Å². The van der Waals surface area contributed by atoms with Crippen molar-refractivity contribution >= 4 is 50.9 Å². The topological polar surface area (TPSA) is 81.9 Å². The van der Waals surface area contributed by atoms with Gasteiger partial charge in [0.25, 0.3) is 0 Å². The Labute approximate surface area is 209 Å². The highest BCUT2D eigenvalue weighted by Crippen LogP contribution is 2.47. The Bertz CT molecular complexity index is 1300. The summed E-state index contributed by atoms with van der Waals surface area (Å²) in [6, 6.07) is 10.5. The molecule has 7 nitrogen and oxygen atoms in total. The lowest BCUT2D eigenvalue weighted by Gasteiger charge is -2.38. The number of carbonyl (C=O) groups is 1. The van der Waals surface area contributed by atoms with E-state index >= 15 is 0 Å². The summed E-state index contributed by atoms with van der Waals surface area (Å²) in [7, 11) is 0. The Morgan fingerprint density at radius 1 is 1.21 bits per heavy atom. The normalized spacial score (nSPS) is 19.1. The van der Waals surface area contributed by atoms with E-state index in [1.807, 2.05) is 24.3 Å².